The van der Waals surface area contributed by atoms with Crippen molar-refractivity contribution in [3.63, 3.8) is 0 Å². The molecule has 0 radical (unpaired) electrons. The van der Waals surface area contributed by atoms with Crippen molar-refractivity contribution in [2.75, 3.05) is 0 Å². The summed E-state index contributed by atoms with van der Waals surface area (Å²) in [5, 5.41) is 4.19. The summed E-state index contributed by atoms with van der Waals surface area (Å²) in [7, 11) is 0. The number of nitrogens with two attached hydrogens (primary N) is 1. The maximum atomic E-state index is 13.3. The number of hydrogen-bond acceptors (Lipinski definition) is 3. The lowest BCUT2D eigenvalue weighted by atomic mass is 9.96. The lowest BCUT2D eigenvalue weighted by Gasteiger charge is -2.13. The molecule has 33 heavy (non-hydrogen) atoms. The first kappa shape index (κ1) is 22.4. The van der Waals surface area contributed by atoms with Crippen LogP contribution >= 0.6 is 0 Å². The number of para-hydroxylation sites is 1. The fourth-order valence-electron chi connectivity index (χ4n) is 3.87. The second-order valence-corrected chi connectivity index (χ2v) is 8.38. The van der Waals surface area contributed by atoms with E-state index in [0.29, 0.717) is 25.1 Å². The maximum Gasteiger partial charge on any atom is 0.251 e. The second-order valence-electron chi connectivity index (χ2n) is 8.38. The Hall–Kier alpha value is -3.76. The number of hydrogen-bond donors (Lipinski definition) is 2. The first-order chi connectivity index (χ1) is 16.0. The minimum absolute atomic E-state index is 0.0830. The van der Waals surface area contributed by atoms with E-state index in [4.69, 9.17) is 5.73 Å². The molecule has 1 heterocycles. The van der Waals surface area contributed by atoms with Gasteiger partial charge in [0, 0.05) is 30.2 Å². The Kier molecular flexibility index (Phi) is 6.96. The zero-order valence-electron chi connectivity index (χ0n) is 19.1. The van der Waals surface area contributed by atoms with Gasteiger partial charge in [-0.3, -0.25) is 9.78 Å². The van der Waals surface area contributed by atoms with Gasteiger partial charge in [0.25, 0.3) is 5.91 Å². The molecular formula is C29H29N3O. The molecule has 0 saturated carbocycles. The third kappa shape index (κ3) is 5.54. The highest BCUT2D eigenvalue weighted by molar-refractivity contribution is 6.19. The van der Waals surface area contributed by atoms with Crippen LogP contribution in [0.5, 0.6) is 0 Å². The molecule has 4 heteroatoms. The molecule has 4 aromatic rings. The van der Waals surface area contributed by atoms with Crippen LogP contribution in [0.2, 0.25) is 0 Å². The molecule has 4 rings (SSSR count). The highest BCUT2D eigenvalue weighted by atomic mass is 16.1. The van der Waals surface area contributed by atoms with Gasteiger partial charge in [-0.2, -0.15) is 0 Å². The van der Waals surface area contributed by atoms with Crippen molar-refractivity contribution in [2.45, 2.75) is 33.4 Å². The average molecular weight is 436 g/mol. The highest BCUT2D eigenvalue weighted by Gasteiger charge is 2.14. The van der Waals surface area contributed by atoms with E-state index in [2.05, 4.69) is 40.6 Å². The molecule has 0 bridgehead atoms. The monoisotopic (exact) mass is 435 g/mol. The zero-order valence-corrected chi connectivity index (χ0v) is 19.1. The lowest BCUT2D eigenvalue weighted by molar-refractivity contribution is -0.115. The van der Waals surface area contributed by atoms with E-state index >= 15 is 0 Å². The van der Waals surface area contributed by atoms with Crippen LogP contribution in [-0.2, 0) is 24.3 Å². The van der Waals surface area contributed by atoms with E-state index in [1.54, 1.807) is 0 Å². The Morgan fingerprint density at radius 3 is 2.48 bits per heavy atom. The summed E-state index contributed by atoms with van der Waals surface area (Å²) in [6, 6.07) is 24.4. The number of carbonyl (C=O) groups is 1. The van der Waals surface area contributed by atoms with Gasteiger partial charge in [0.2, 0.25) is 0 Å². The number of aromatic nitrogens is 1. The molecule has 0 aliphatic carbocycles. The highest BCUT2D eigenvalue weighted by Crippen LogP contribution is 2.23. The number of aryl methyl sites for hydroxylation is 2. The molecule has 0 aliphatic rings. The number of pyridine rings is 1. The van der Waals surface area contributed by atoms with Crippen LogP contribution in [0.4, 0.5) is 0 Å². The maximum absolute atomic E-state index is 13.3. The van der Waals surface area contributed by atoms with Gasteiger partial charge in [0.05, 0.1) is 5.52 Å². The van der Waals surface area contributed by atoms with Crippen molar-refractivity contribution in [3.8, 4) is 0 Å². The Morgan fingerprint density at radius 2 is 1.70 bits per heavy atom. The van der Waals surface area contributed by atoms with Crippen molar-refractivity contribution in [3.05, 3.63) is 118 Å². The first-order valence-corrected chi connectivity index (χ1v) is 11.2. The predicted molar refractivity (Wildman–Crippen MR) is 136 cm³/mol. The second kappa shape index (κ2) is 10.2. The van der Waals surface area contributed by atoms with Gasteiger partial charge in [0.1, 0.15) is 0 Å². The van der Waals surface area contributed by atoms with Gasteiger partial charge >= 0.3 is 0 Å². The SMILES string of the molecule is Cc1ccc(C)c(/C(=C\Cc2cnc3ccccc3c2)C(=O)NCc2ccc(CN)cc2)c1. The molecule has 0 spiro atoms. The molecular weight excluding hydrogens is 406 g/mol. The van der Waals surface area contributed by atoms with Crippen molar-refractivity contribution in [1.82, 2.24) is 10.3 Å². The number of allylic oxidation sites excluding steroid dienone is 1. The van der Waals surface area contributed by atoms with Gasteiger partial charge in [-0.05, 0) is 60.2 Å². The fraction of sp³-hybridized carbons (Fsp3) is 0.172. The number of nitrogens with one attached hydrogen (secondary N) is 1. The molecule has 0 saturated heterocycles. The molecule has 3 N–H and O–H groups in total. The van der Waals surface area contributed by atoms with Gasteiger partial charge in [-0.1, -0.05) is 72.3 Å². The fourth-order valence-corrected chi connectivity index (χ4v) is 3.87. The predicted octanol–water partition coefficient (Wildman–Crippen LogP) is 5.25. The molecule has 0 atom stereocenters. The summed E-state index contributed by atoms with van der Waals surface area (Å²) < 4.78 is 0. The summed E-state index contributed by atoms with van der Waals surface area (Å²) in [6.45, 7) is 5.06. The molecule has 1 aromatic heterocycles. The summed E-state index contributed by atoms with van der Waals surface area (Å²) in [5.41, 5.74) is 13.7. The quantitative estimate of drug-likeness (QED) is 0.390. The standard InChI is InChI=1S/C29H29N3O/c1-20-7-8-21(2)27(15-20)26(29(33)32-18-23-11-9-22(17-30)10-12-23)14-13-24-16-25-5-3-4-6-28(25)31-19-24/h3-12,14-16,19H,13,17-18,30H2,1-2H3,(H,32,33)/b26-14+. The number of carbonyl (C=O) groups excluding carboxylic acids is 1. The molecule has 0 unspecified atom stereocenters. The first-order valence-electron chi connectivity index (χ1n) is 11.2. The smallest absolute Gasteiger partial charge is 0.251 e. The van der Waals surface area contributed by atoms with Gasteiger partial charge < -0.3 is 11.1 Å². The number of rotatable bonds is 7. The number of amides is 1. The third-order valence-electron chi connectivity index (χ3n) is 5.83. The Labute approximate surface area is 195 Å². The van der Waals surface area contributed by atoms with Crippen LogP contribution in [0.15, 0.2) is 85.1 Å². The number of nitrogens with zero attached hydrogens (tertiary/aromatic N) is 1. The van der Waals surface area contributed by atoms with Crippen LogP contribution in [0.25, 0.3) is 16.5 Å². The van der Waals surface area contributed by atoms with Gasteiger partial charge in [-0.25, -0.2) is 0 Å². The summed E-state index contributed by atoms with van der Waals surface area (Å²) in [5.74, 6) is -0.0830. The van der Waals surface area contributed by atoms with E-state index in [1.807, 2.05) is 68.6 Å². The third-order valence-corrected chi connectivity index (χ3v) is 5.83. The molecule has 1 amide bonds. The Morgan fingerprint density at radius 1 is 0.939 bits per heavy atom. The summed E-state index contributed by atoms with van der Waals surface area (Å²) >= 11 is 0. The van der Waals surface area contributed by atoms with Gasteiger partial charge in [0.15, 0.2) is 0 Å². The zero-order chi connectivity index (χ0) is 23.2. The van der Waals surface area contributed by atoms with Crippen LogP contribution in [0.3, 0.4) is 0 Å². The topological polar surface area (TPSA) is 68.0 Å². The number of fused-ring (bicyclic) bond motifs is 1. The molecule has 0 aliphatic heterocycles. The van der Waals surface area contributed by atoms with Crippen molar-refractivity contribution in [1.29, 1.82) is 0 Å². The van der Waals surface area contributed by atoms with Crippen molar-refractivity contribution in [2.24, 2.45) is 5.73 Å². The Bertz CT molecular complexity index is 1310. The van der Waals surface area contributed by atoms with E-state index in [9.17, 15) is 4.79 Å². The minimum Gasteiger partial charge on any atom is -0.348 e. The molecule has 0 fully saturated rings. The minimum atomic E-state index is -0.0830. The van der Waals surface area contributed by atoms with E-state index < -0.39 is 0 Å². The Balaban J connectivity index is 1.60. The van der Waals surface area contributed by atoms with E-state index in [1.165, 1.54) is 0 Å². The summed E-state index contributed by atoms with van der Waals surface area (Å²) in [4.78, 5) is 17.9. The molecule has 166 valence electrons. The average Bonchev–Trinajstić information content (AvgIpc) is 2.85. The van der Waals surface area contributed by atoms with Crippen LogP contribution in [-0.4, -0.2) is 10.9 Å². The van der Waals surface area contributed by atoms with Crippen LogP contribution < -0.4 is 11.1 Å². The molecule has 4 nitrogen and oxygen atoms in total. The van der Waals surface area contributed by atoms with Gasteiger partial charge in [-0.15, -0.1) is 0 Å². The van der Waals surface area contributed by atoms with Crippen LogP contribution in [0.1, 0.15) is 33.4 Å². The van der Waals surface area contributed by atoms with E-state index in [-0.39, 0.29) is 5.91 Å². The van der Waals surface area contributed by atoms with Crippen molar-refractivity contribution >= 4 is 22.4 Å². The molecule has 3 aromatic carbocycles. The lowest BCUT2D eigenvalue weighted by Crippen LogP contribution is -2.24. The summed E-state index contributed by atoms with van der Waals surface area (Å²) in [6.07, 6.45) is 4.52. The van der Waals surface area contributed by atoms with Crippen molar-refractivity contribution < 1.29 is 4.79 Å². The van der Waals surface area contributed by atoms with Crippen LogP contribution in [0, 0.1) is 13.8 Å². The normalized spacial score (nSPS) is 11.5. The largest absolute Gasteiger partial charge is 0.348 e. The van der Waals surface area contributed by atoms with E-state index in [0.717, 1.165) is 44.3 Å². The number of benzene rings is 3.